The van der Waals surface area contributed by atoms with Crippen molar-refractivity contribution >= 4 is 17.7 Å². The Morgan fingerprint density at radius 2 is 2.24 bits per heavy atom. The van der Waals surface area contributed by atoms with E-state index >= 15 is 0 Å². The summed E-state index contributed by atoms with van der Waals surface area (Å²) in [5.41, 5.74) is 0. The Balaban J connectivity index is 2.35. The fourth-order valence-electron chi connectivity index (χ4n) is 1.23. The molecule has 0 saturated carbocycles. The summed E-state index contributed by atoms with van der Waals surface area (Å²) in [6.45, 7) is 5.45. The van der Waals surface area contributed by atoms with Crippen LogP contribution in [0.2, 0.25) is 0 Å². The molecule has 0 aliphatic heterocycles. The summed E-state index contributed by atoms with van der Waals surface area (Å²) < 4.78 is 4.82. The Kier molecular flexibility index (Phi) is 5.77. The summed E-state index contributed by atoms with van der Waals surface area (Å²) in [6, 6.07) is 1.76. The lowest BCUT2D eigenvalue weighted by atomic mass is 10.4. The largest absolute Gasteiger partial charge is 0.466 e. The van der Waals surface area contributed by atoms with Gasteiger partial charge in [0.05, 0.1) is 13.0 Å². The molecule has 0 aromatic carbocycles. The summed E-state index contributed by atoms with van der Waals surface area (Å²) >= 11 is 0. The third kappa shape index (κ3) is 5.14. The molecule has 1 rings (SSSR count). The highest BCUT2D eigenvalue weighted by Crippen LogP contribution is 2.05. The first-order chi connectivity index (χ1) is 8.26. The normalized spacial score (nSPS) is 9.76. The molecule has 6 nitrogen and oxygen atoms in total. The number of rotatable bonds is 7. The molecule has 0 aliphatic rings. The highest BCUT2D eigenvalue weighted by Gasteiger charge is 2.02. The standard InChI is InChI=1S/C11H18N4O2/c1-3-12-11-14-7-5-9(15-11)13-8-6-10(16)17-4-2/h5,7H,3-4,6,8H2,1-2H3,(H2,12,13,14,15). The van der Waals surface area contributed by atoms with Gasteiger partial charge in [-0.1, -0.05) is 0 Å². The average molecular weight is 238 g/mol. The number of anilines is 2. The molecule has 17 heavy (non-hydrogen) atoms. The molecule has 0 spiro atoms. The zero-order valence-electron chi connectivity index (χ0n) is 10.2. The fourth-order valence-corrected chi connectivity index (χ4v) is 1.23. The lowest BCUT2D eigenvalue weighted by Crippen LogP contribution is -2.12. The second kappa shape index (κ2) is 7.43. The van der Waals surface area contributed by atoms with Crippen molar-refractivity contribution in [1.82, 2.24) is 9.97 Å². The third-order valence-corrected chi connectivity index (χ3v) is 1.93. The van der Waals surface area contributed by atoms with Crippen molar-refractivity contribution in [3.8, 4) is 0 Å². The summed E-state index contributed by atoms with van der Waals surface area (Å²) in [6.07, 6.45) is 1.99. The van der Waals surface area contributed by atoms with Crippen LogP contribution in [0.1, 0.15) is 20.3 Å². The molecule has 0 saturated heterocycles. The first-order valence-electron chi connectivity index (χ1n) is 5.72. The molecular formula is C11H18N4O2. The van der Waals surface area contributed by atoms with Crippen LogP contribution in [-0.4, -0.2) is 35.6 Å². The Morgan fingerprint density at radius 1 is 1.41 bits per heavy atom. The van der Waals surface area contributed by atoms with Gasteiger partial charge < -0.3 is 15.4 Å². The van der Waals surface area contributed by atoms with Gasteiger partial charge in [0.2, 0.25) is 5.95 Å². The van der Waals surface area contributed by atoms with Crippen LogP contribution in [0.15, 0.2) is 12.3 Å². The Labute approximate surface area is 101 Å². The van der Waals surface area contributed by atoms with E-state index in [9.17, 15) is 4.79 Å². The molecule has 6 heteroatoms. The van der Waals surface area contributed by atoms with E-state index in [1.807, 2.05) is 6.92 Å². The highest BCUT2D eigenvalue weighted by atomic mass is 16.5. The Bertz CT molecular complexity index is 357. The minimum atomic E-state index is -0.207. The first kappa shape index (κ1) is 13.2. The zero-order valence-corrected chi connectivity index (χ0v) is 10.2. The summed E-state index contributed by atoms with van der Waals surface area (Å²) in [5.74, 6) is 1.06. The van der Waals surface area contributed by atoms with E-state index in [0.29, 0.717) is 31.3 Å². The second-order valence-corrected chi connectivity index (χ2v) is 3.28. The summed E-state index contributed by atoms with van der Waals surface area (Å²) in [7, 11) is 0. The van der Waals surface area contributed by atoms with E-state index in [4.69, 9.17) is 4.74 Å². The predicted molar refractivity (Wildman–Crippen MR) is 65.9 cm³/mol. The van der Waals surface area contributed by atoms with Gasteiger partial charge in [0.15, 0.2) is 0 Å². The number of aromatic nitrogens is 2. The number of nitrogens with one attached hydrogen (secondary N) is 2. The molecule has 0 unspecified atom stereocenters. The number of carbonyl (C=O) groups is 1. The number of hydrogen-bond acceptors (Lipinski definition) is 6. The van der Waals surface area contributed by atoms with E-state index in [-0.39, 0.29) is 5.97 Å². The molecule has 94 valence electrons. The minimum absolute atomic E-state index is 0.207. The van der Waals surface area contributed by atoms with Crippen molar-refractivity contribution in [1.29, 1.82) is 0 Å². The molecule has 1 aromatic heterocycles. The maximum atomic E-state index is 11.1. The minimum Gasteiger partial charge on any atom is -0.466 e. The number of hydrogen-bond donors (Lipinski definition) is 2. The van der Waals surface area contributed by atoms with E-state index < -0.39 is 0 Å². The van der Waals surface area contributed by atoms with Crippen molar-refractivity contribution in [2.45, 2.75) is 20.3 Å². The van der Waals surface area contributed by atoms with Crippen LogP contribution in [0.4, 0.5) is 11.8 Å². The van der Waals surface area contributed by atoms with E-state index in [1.165, 1.54) is 0 Å². The van der Waals surface area contributed by atoms with E-state index in [0.717, 1.165) is 6.54 Å². The number of nitrogens with zero attached hydrogens (tertiary/aromatic N) is 2. The maximum absolute atomic E-state index is 11.1. The summed E-state index contributed by atoms with van der Waals surface area (Å²) in [4.78, 5) is 19.4. The quantitative estimate of drug-likeness (QED) is 0.697. The molecule has 1 heterocycles. The molecule has 2 N–H and O–H groups in total. The van der Waals surface area contributed by atoms with Crippen LogP contribution in [0.3, 0.4) is 0 Å². The average Bonchev–Trinajstić information content (AvgIpc) is 2.30. The molecule has 1 aromatic rings. The van der Waals surface area contributed by atoms with Crippen LogP contribution in [0.5, 0.6) is 0 Å². The van der Waals surface area contributed by atoms with Gasteiger partial charge in [0.25, 0.3) is 0 Å². The number of carbonyl (C=O) groups excluding carboxylic acids is 1. The lowest BCUT2D eigenvalue weighted by molar-refractivity contribution is -0.142. The Morgan fingerprint density at radius 3 is 2.94 bits per heavy atom. The Hall–Kier alpha value is -1.85. The van der Waals surface area contributed by atoms with Crippen molar-refractivity contribution in [2.24, 2.45) is 0 Å². The zero-order chi connectivity index (χ0) is 12.5. The van der Waals surface area contributed by atoms with Crippen LogP contribution in [0, 0.1) is 0 Å². The van der Waals surface area contributed by atoms with Crippen molar-refractivity contribution in [2.75, 3.05) is 30.3 Å². The molecule has 0 bridgehead atoms. The number of ether oxygens (including phenoxy) is 1. The van der Waals surface area contributed by atoms with E-state index in [1.54, 1.807) is 19.2 Å². The number of esters is 1. The smallest absolute Gasteiger partial charge is 0.307 e. The van der Waals surface area contributed by atoms with Gasteiger partial charge in [-0.2, -0.15) is 4.98 Å². The van der Waals surface area contributed by atoms with Gasteiger partial charge in [-0.15, -0.1) is 0 Å². The molecular weight excluding hydrogens is 220 g/mol. The predicted octanol–water partition coefficient (Wildman–Crippen LogP) is 1.27. The molecule has 0 radical (unpaired) electrons. The molecule has 0 aliphatic carbocycles. The van der Waals surface area contributed by atoms with Gasteiger partial charge in [-0.25, -0.2) is 4.98 Å². The van der Waals surface area contributed by atoms with Crippen LogP contribution in [0.25, 0.3) is 0 Å². The maximum Gasteiger partial charge on any atom is 0.307 e. The topological polar surface area (TPSA) is 76.1 Å². The fraction of sp³-hybridized carbons (Fsp3) is 0.545. The van der Waals surface area contributed by atoms with Crippen LogP contribution >= 0.6 is 0 Å². The van der Waals surface area contributed by atoms with Gasteiger partial charge in [0, 0.05) is 19.3 Å². The van der Waals surface area contributed by atoms with Crippen LogP contribution < -0.4 is 10.6 Å². The van der Waals surface area contributed by atoms with Gasteiger partial charge in [0.1, 0.15) is 5.82 Å². The van der Waals surface area contributed by atoms with Gasteiger partial charge in [-0.3, -0.25) is 4.79 Å². The van der Waals surface area contributed by atoms with Gasteiger partial charge >= 0.3 is 5.97 Å². The molecule has 0 fully saturated rings. The molecule has 0 amide bonds. The SMILES string of the molecule is CCNc1nccc(NCCC(=O)OCC)n1. The second-order valence-electron chi connectivity index (χ2n) is 3.28. The van der Waals surface area contributed by atoms with Gasteiger partial charge in [-0.05, 0) is 19.9 Å². The lowest BCUT2D eigenvalue weighted by Gasteiger charge is -2.07. The first-order valence-corrected chi connectivity index (χ1v) is 5.72. The van der Waals surface area contributed by atoms with Crippen molar-refractivity contribution in [3.05, 3.63) is 12.3 Å². The summed E-state index contributed by atoms with van der Waals surface area (Å²) in [5, 5.41) is 6.05. The third-order valence-electron chi connectivity index (χ3n) is 1.93. The van der Waals surface area contributed by atoms with Crippen molar-refractivity contribution in [3.63, 3.8) is 0 Å². The van der Waals surface area contributed by atoms with E-state index in [2.05, 4.69) is 20.6 Å². The van der Waals surface area contributed by atoms with Crippen molar-refractivity contribution < 1.29 is 9.53 Å². The van der Waals surface area contributed by atoms with Crippen LogP contribution in [-0.2, 0) is 9.53 Å². The molecule has 0 atom stereocenters. The monoisotopic (exact) mass is 238 g/mol. The highest BCUT2D eigenvalue weighted by molar-refractivity contribution is 5.69.